The van der Waals surface area contributed by atoms with Crippen LogP contribution in [0.5, 0.6) is 0 Å². The SMILES string of the molecule is CCCCCC=CC(=O)[O-].C[N+](C)(C)CCO. The molecule has 1 N–H and O–H groups in total. The van der Waals surface area contributed by atoms with E-state index in [9.17, 15) is 9.90 Å². The molecule has 0 unspecified atom stereocenters. The van der Waals surface area contributed by atoms with Crippen LogP contribution >= 0.6 is 0 Å². The third-order valence-corrected chi connectivity index (χ3v) is 2.00. The molecule has 0 saturated carbocycles. The molecule has 4 nitrogen and oxygen atoms in total. The lowest BCUT2D eigenvalue weighted by Crippen LogP contribution is -2.36. The molecule has 0 aromatic heterocycles. The summed E-state index contributed by atoms with van der Waals surface area (Å²) >= 11 is 0. The minimum Gasteiger partial charge on any atom is -0.545 e. The van der Waals surface area contributed by atoms with E-state index in [0.29, 0.717) is 0 Å². The Balaban J connectivity index is 0. The smallest absolute Gasteiger partial charge is 0.101 e. The van der Waals surface area contributed by atoms with Crippen LogP contribution in [0.15, 0.2) is 12.2 Å². The van der Waals surface area contributed by atoms with E-state index in [-0.39, 0.29) is 6.61 Å². The average Bonchev–Trinajstić information content (AvgIpc) is 2.16. The lowest BCUT2D eigenvalue weighted by atomic mass is 10.2. The van der Waals surface area contributed by atoms with Gasteiger partial charge >= 0.3 is 0 Å². The van der Waals surface area contributed by atoms with Crippen LogP contribution in [0, 0.1) is 0 Å². The van der Waals surface area contributed by atoms with E-state index < -0.39 is 5.97 Å². The van der Waals surface area contributed by atoms with Gasteiger partial charge in [-0.05, 0) is 18.9 Å². The number of rotatable bonds is 7. The van der Waals surface area contributed by atoms with E-state index in [0.717, 1.165) is 36.4 Å². The zero-order valence-electron chi connectivity index (χ0n) is 11.6. The Morgan fingerprint density at radius 2 is 1.88 bits per heavy atom. The van der Waals surface area contributed by atoms with Crippen LogP contribution in [0.3, 0.4) is 0 Å². The molecule has 0 saturated heterocycles. The number of carbonyl (C=O) groups is 1. The molecule has 0 radical (unpaired) electrons. The number of unbranched alkanes of at least 4 members (excludes halogenated alkanes) is 3. The number of nitrogens with zero attached hydrogens (tertiary/aromatic N) is 1. The third-order valence-electron chi connectivity index (χ3n) is 2.00. The number of aliphatic carboxylic acids is 1. The molecule has 0 spiro atoms. The van der Waals surface area contributed by atoms with Crippen molar-refractivity contribution in [3.8, 4) is 0 Å². The highest BCUT2D eigenvalue weighted by Gasteiger charge is 2.02. The molecule has 0 heterocycles. The Kier molecular flexibility index (Phi) is 12.6. The van der Waals surface area contributed by atoms with Crippen molar-refractivity contribution >= 4 is 5.97 Å². The van der Waals surface area contributed by atoms with Crippen LogP contribution in [0.1, 0.15) is 32.6 Å². The number of hydrogen-bond acceptors (Lipinski definition) is 3. The van der Waals surface area contributed by atoms with Gasteiger partial charge in [0.25, 0.3) is 0 Å². The number of carboxylic acids is 1. The standard InChI is InChI=1S/C8H14O2.C5H14NO/c1-2-3-4-5-6-7-8(9)10;1-6(2,3)4-5-7/h6-7H,2-5H2,1H3,(H,9,10);7H,4-5H2,1-3H3/q;+1/p-1. The quantitative estimate of drug-likeness (QED) is 0.405. The van der Waals surface area contributed by atoms with E-state index in [2.05, 4.69) is 28.1 Å². The first-order valence-electron chi connectivity index (χ1n) is 6.12. The summed E-state index contributed by atoms with van der Waals surface area (Å²) in [6.07, 6.45) is 6.99. The number of carboxylic acid groups (broad SMARTS) is 1. The van der Waals surface area contributed by atoms with Crippen molar-refractivity contribution in [3.05, 3.63) is 12.2 Å². The van der Waals surface area contributed by atoms with Crippen LogP contribution in [0.4, 0.5) is 0 Å². The molecular formula is C13H27NO3. The predicted octanol–water partition coefficient (Wildman–Crippen LogP) is 0.558. The molecule has 0 atom stereocenters. The Morgan fingerprint density at radius 1 is 1.29 bits per heavy atom. The normalized spacial score (nSPS) is 11.1. The van der Waals surface area contributed by atoms with E-state index in [1.54, 1.807) is 6.08 Å². The zero-order valence-corrected chi connectivity index (χ0v) is 11.6. The van der Waals surface area contributed by atoms with Crippen LogP contribution in [0.25, 0.3) is 0 Å². The molecule has 0 aliphatic heterocycles. The first-order chi connectivity index (χ1) is 7.83. The average molecular weight is 245 g/mol. The lowest BCUT2D eigenvalue weighted by Gasteiger charge is -2.21. The Morgan fingerprint density at radius 3 is 2.18 bits per heavy atom. The minimum atomic E-state index is -1.10. The van der Waals surface area contributed by atoms with Gasteiger partial charge in [0.15, 0.2) is 0 Å². The second-order valence-electron chi connectivity index (χ2n) is 4.95. The summed E-state index contributed by atoms with van der Waals surface area (Å²) < 4.78 is 0.844. The molecule has 0 bridgehead atoms. The summed E-state index contributed by atoms with van der Waals surface area (Å²) in [6, 6.07) is 0. The van der Waals surface area contributed by atoms with Gasteiger partial charge in [-0.15, -0.1) is 0 Å². The molecule has 0 amide bonds. The lowest BCUT2D eigenvalue weighted by molar-refractivity contribution is -0.870. The van der Waals surface area contributed by atoms with Crippen LogP contribution in [0.2, 0.25) is 0 Å². The fourth-order valence-corrected chi connectivity index (χ4v) is 0.992. The molecule has 17 heavy (non-hydrogen) atoms. The Bertz CT molecular complexity index is 207. The first-order valence-corrected chi connectivity index (χ1v) is 6.12. The largest absolute Gasteiger partial charge is 0.545 e. The van der Waals surface area contributed by atoms with Gasteiger partial charge in [-0.3, -0.25) is 0 Å². The van der Waals surface area contributed by atoms with Crippen molar-refractivity contribution in [1.29, 1.82) is 0 Å². The van der Waals surface area contributed by atoms with E-state index in [1.165, 1.54) is 6.42 Å². The highest BCUT2D eigenvalue weighted by atomic mass is 16.4. The molecule has 0 aromatic rings. The number of likely N-dealkylation sites (N-methyl/N-ethyl adjacent to an activating group) is 1. The van der Waals surface area contributed by atoms with Gasteiger partial charge in [0.05, 0.1) is 33.7 Å². The summed E-state index contributed by atoms with van der Waals surface area (Å²) in [4.78, 5) is 9.83. The Hall–Kier alpha value is -0.870. The number of hydrogen-bond donors (Lipinski definition) is 1. The van der Waals surface area contributed by atoms with E-state index >= 15 is 0 Å². The third kappa shape index (κ3) is 25.4. The molecule has 102 valence electrons. The summed E-state index contributed by atoms with van der Waals surface area (Å²) in [7, 11) is 6.16. The van der Waals surface area contributed by atoms with Crippen molar-refractivity contribution in [2.24, 2.45) is 0 Å². The number of allylic oxidation sites excluding steroid dienone is 1. The number of aliphatic hydroxyl groups is 1. The molecule has 0 fully saturated rings. The van der Waals surface area contributed by atoms with Gasteiger partial charge in [0, 0.05) is 0 Å². The maximum absolute atomic E-state index is 9.83. The van der Waals surface area contributed by atoms with Crippen molar-refractivity contribution in [1.82, 2.24) is 0 Å². The molecule has 0 aromatic carbocycles. The van der Waals surface area contributed by atoms with Crippen LogP contribution in [-0.4, -0.2) is 49.9 Å². The molecule has 0 aliphatic rings. The second-order valence-corrected chi connectivity index (χ2v) is 4.95. The predicted molar refractivity (Wildman–Crippen MR) is 68.3 cm³/mol. The highest BCUT2D eigenvalue weighted by Crippen LogP contribution is 1.98. The van der Waals surface area contributed by atoms with Gasteiger partial charge in [-0.2, -0.15) is 0 Å². The van der Waals surface area contributed by atoms with Crippen molar-refractivity contribution in [2.45, 2.75) is 32.6 Å². The summed E-state index contributed by atoms with van der Waals surface area (Å²) in [5.74, 6) is -1.10. The van der Waals surface area contributed by atoms with Crippen molar-refractivity contribution in [3.63, 3.8) is 0 Å². The summed E-state index contributed by atoms with van der Waals surface area (Å²) in [5, 5.41) is 18.2. The monoisotopic (exact) mass is 245 g/mol. The van der Waals surface area contributed by atoms with Gasteiger partial charge < -0.3 is 19.5 Å². The van der Waals surface area contributed by atoms with E-state index in [4.69, 9.17) is 5.11 Å². The molecule has 0 rings (SSSR count). The topological polar surface area (TPSA) is 60.4 Å². The summed E-state index contributed by atoms with van der Waals surface area (Å²) in [6.45, 7) is 3.23. The summed E-state index contributed by atoms with van der Waals surface area (Å²) in [5.41, 5.74) is 0. The number of carbonyl (C=O) groups excluding carboxylic acids is 1. The minimum absolute atomic E-state index is 0.281. The van der Waals surface area contributed by atoms with Gasteiger partial charge in [-0.1, -0.05) is 25.8 Å². The first kappa shape index (κ1) is 18.5. The Labute approximate surface area is 105 Å². The van der Waals surface area contributed by atoms with E-state index in [1.807, 2.05) is 0 Å². The maximum atomic E-state index is 9.83. The molecule has 4 heteroatoms. The fourth-order valence-electron chi connectivity index (χ4n) is 0.992. The number of quaternary nitrogens is 1. The second kappa shape index (κ2) is 11.6. The van der Waals surface area contributed by atoms with Crippen LogP contribution < -0.4 is 5.11 Å². The van der Waals surface area contributed by atoms with Crippen molar-refractivity contribution in [2.75, 3.05) is 34.3 Å². The fraction of sp³-hybridized carbons (Fsp3) is 0.769. The van der Waals surface area contributed by atoms with Crippen molar-refractivity contribution < 1.29 is 19.5 Å². The highest BCUT2D eigenvalue weighted by molar-refractivity contribution is 5.77. The maximum Gasteiger partial charge on any atom is 0.101 e. The molecule has 0 aliphatic carbocycles. The van der Waals surface area contributed by atoms with Crippen LogP contribution in [-0.2, 0) is 4.79 Å². The van der Waals surface area contributed by atoms with Gasteiger partial charge in [0.1, 0.15) is 6.54 Å². The number of aliphatic hydroxyl groups excluding tert-OH is 1. The molecular weight excluding hydrogens is 218 g/mol. The van der Waals surface area contributed by atoms with Gasteiger partial charge in [0.2, 0.25) is 0 Å². The zero-order chi connectivity index (χ0) is 13.7. The van der Waals surface area contributed by atoms with Gasteiger partial charge in [-0.25, -0.2) is 0 Å².